The molecule has 0 aliphatic carbocycles. The van der Waals surface area contributed by atoms with Crippen LogP contribution in [0.1, 0.15) is 12.8 Å². The SMILES string of the molecule is O=C(N[C@H]1CN2CCC1CC2)n1nncc1-c1cccc(F)n1. The van der Waals surface area contributed by atoms with Crippen LogP contribution in [0.15, 0.2) is 24.4 Å². The van der Waals surface area contributed by atoms with Gasteiger partial charge in [0.15, 0.2) is 0 Å². The molecule has 0 radical (unpaired) electrons. The maximum absolute atomic E-state index is 13.3. The summed E-state index contributed by atoms with van der Waals surface area (Å²) in [6.07, 6.45) is 3.64. The van der Waals surface area contributed by atoms with E-state index >= 15 is 0 Å². The van der Waals surface area contributed by atoms with Crippen LogP contribution in [-0.2, 0) is 0 Å². The number of hydrogen-bond donors (Lipinski definition) is 1. The van der Waals surface area contributed by atoms with E-state index in [0.717, 1.165) is 37.2 Å². The summed E-state index contributed by atoms with van der Waals surface area (Å²) in [5.74, 6) is -0.0868. The fraction of sp³-hybridized carbons (Fsp3) is 0.467. The average Bonchev–Trinajstić information content (AvgIpc) is 3.06. The maximum atomic E-state index is 13.3. The molecule has 3 saturated heterocycles. The van der Waals surface area contributed by atoms with Crippen LogP contribution >= 0.6 is 0 Å². The lowest BCUT2D eigenvalue weighted by Gasteiger charge is -2.44. The molecule has 3 aliphatic rings. The fourth-order valence-electron chi connectivity index (χ4n) is 3.46. The third-order valence-electron chi connectivity index (χ3n) is 4.68. The first-order chi connectivity index (χ1) is 11.2. The Kier molecular flexibility index (Phi) is 3.53. The molecule has 5 rings (SSSR count). The van der Waals surface area contributed by atoms with Crippen molar-refractivity contribution in [3.05, 3.63) is 30.3 Å². The zero-order valence-electron chi connectivity index (χ0n) is 12.5. The normalized spacial score (nSPS) is 26.2. The number of piperidine rings is 3. The number of amides is 1. The molecular formula is C15H17FN6O. The zero-order chi connectivity index (χ0) is 15.8. The topological polar surface area (TPSA) is 75.9 Å². The number of carbonyl (C=O) groups is 1. The van der Waals surface area contributed by atoms with Crippen LogP contribution in [0.2, 0.25) is 0 Å². The number of nitrogens with zero attached hydrogens (tertiary/aromatic N) is 5. The van der Waals surface area contributed by atoms with E-state index in [1.165, 1.54) is 12.3 Å². The molecule has 1 N–H and O–H groups in total. The molecule has 23 heavy (non-hydrogen) atoms. The Morgan fingerprint density at radius 3 is 2.83 bits per heavy atom. The predicted molar refractivity (Wildman–Crippen MR) is 80.1 cm³/mol. The second-order valence-corrected chi connectivity index (χ2v) is 6.07. The molecule has 2 aromatic heterocycles. The van der Waals surface area contributed by atoms with Crippen LogP contribution in [0, 0.1) is 11.9 Å². The third kappa shape index (κ3) is 2.70. The van der Waals surface area contributed by atoms with E-state index in [1.807, 2.05) is 0 Å². The summed E-state index contributed by atoms with van der Waals surface area (Å²) in [6, 6.07) is 4.20. The fourth-order valence-corrected chi connectivity index (χ4v) is 3.46. The first-order valence-corrected chi connectivity index (χ1v) is 7.77. The Bertz CT molecular complexity index is 724. The Balaban J connectivity index is 1.54. The van der Waals surface area contributed by atoms with Crippen molar-refractivity contribution in [2.24, 2.45) is 5.92 Å². The quantitative estimate of drug-likeness (QED) is 0.841. The van der Waals surface area contributed by atoms with Crippen molar-refractivity contribution in [3.63, 3.8) is 0 Å². The van der Waals surface area contributed by atoms with Gasteiger partial charge >= 0.3 is 6.03 Å². The van der Waals surface area contributed by atoms with Crippen LogP contribution in [0.3, 0.4) is 0 Å². The summed E-state index contributed by atoms with van der Waals surface area (Å²) >= 11 is 0. The highest BCUT2D eigenvalue weighted by atomic mass is 19.1. The van der Waals surface area contributed by atoms with Gasteiger partial charge in [-0.05, 0) is 44.0 Å². The Hall–Kier alpha value is -2.35. The highest BCUT2D eigenvalue weighted by Crippen LogP contribution is 2.27. The summed E-state index contributed by atoms with van der Waals surface area (Å²) in [6.45, 7) is 3.09. The molecule has 1 amide bonds. The molecule has 120 valence electrons. The first kappa shape index (κ1) is 14.3. The molecule has 2 aromatic rings. The van der Waals surface area contributed by atoms with E-state index in [1.54, 1.807) is 12.1 Å². The van der Waals surface area contributed by atoms with Crippen molar-refractivity contribution in [2.45, 2.75) is 18.9 Å². The standard InChI is InChI=1S/C15H17FN6O/c16-14-3-1-2-11(18-14)13-8-17-20-22(13)15(23)19-12-9-21-6-4-10(12)5-7-21/h1-3,8,10,12H,4-7,9H2,(H,19,23)/t12-/m0/s1. The molecule has 5 heterocycles. The van der Waals surface area contributed by atoms with Crippen LogP contribution in [-0.4, -0.2) is 56.6 Å². The van der Waals surface area contributed by atoms with Gasteiger partial charge in [0, 0.05) is 12.6 Å². The number of fused-ring (bicyclic) bond motifs is 3. The first-order valence-electron chi connectivity index (χ1n) is 7.77. The van der Waals surface area contributed by atoms with E-state index in [4.69, 9.17) is 0 Å². The third-order valence-corrected chi connectivity index (χ3v) is 4.68. The van der Waals surface area contributed by atoms with Gasteiger partial charge in [-0.3, -0.25) is 0 Å². The molecule has 1 atom stereocenters. The molecule has 2 bridgehead atoms. The molecule has 0 aromatic carbocycles. The lowest BCUT2D eigenvalue weighted by atomic mass is 9.84. The van der Waals surface area contributed by atoms with Crippen molar-refractivity contribution >= 4 is 6.03 Å². The van der Waals surface area contributed by atoms with Gasteiger partial charge in [-0.2, -0.15) is 9.07 Å². The van der Waals surface area contributed by atoms with Crippen LogP contribution in [0.25, 0.3) is 11.4 Å². The maximum Gasteiger partial charge on any atom is 0.344 e. The summed E-state index contributed by atoms with van der Waals surface area (Å²) < 4.78 is 14.5. The van der Waals surface area contributed by atoms with Crippen molar-refractivity contribution < 1.29 is 9.18 Å². The van der Waals surface area contributed by atoms with E-state index in [2.05, 4.69) is 25.5 Å². The van der Waals surface area contributed by atoms with Gasteiger partial charge in [0.25, 0.3) is 0 Å². The number of carbonyl (C=O) groups excluding carboxylic acids is 1. The minimum Gasteiger partial charge on any atom is -0.332 e. The molecule has 3 aliphatic heterocycles. The Morgan fingerprint density at radius 1 is 1.30 bits per heavy atom. The number of nitrogens with one attached hydrogen (secondary N) is 1. The summed E-state index contributed by atoms with van der Waals surface area (Å²) in [5.41, 5.74) is 0.710. The van der Waals surface area contributed by atoms with E-state index in [-0.39, 0.29) is 12.1 Å². The van der Waals surface area contributed by atoms with Crippen molar-refractivity contribution in [2.75, 3.05) is 19.6 Å². The molecule has 7 nitrogen and oxygen atoms in total. The van der Waals surface area contributed by atoms with E-state index in [9.17, 15) is 9.18 Å². The second-order valence-electron chi connectivity index (χ2n) is 6.07. The van der Waals surface area contributed by atoms with Crippen LogP contribution in [0.4, 0.5) is 9.18 Å². The van der Waals surface area contributed by atoms with Crippen molar-refractivity contribution in [3.8, 4) is 11.4 Å². The largest absolute Gasteiger partial charge is 0.344 e. The van der Waals surface area contributed by atoms with Gasteiger partial charge < -0.3 is 10.2 Å². The van der Waals surface area contributed by atoms with Crippen LogP contribution < -0.4 is 5.32 Å². The molecule has 3 fully saturated rings. The lowest BCUT2D eigenvalue weighted by Crippen LogP contribution is -2.57. The highest BCUT2D eigenvalue weighted by molar-refractivity contribution is 5.80. The number of aromatic nitrogens is 4. The molecule has 8 heteroatoms. The molecule has 0 spiro atoms. The smallest absolute Gasteiger partial charge is 0.332 e. The zero-order valence-corrected chi connectivity index (χ0v) is 12.5. The van der Waals surface area contributed by atoms with Gasteiger partial charge in [-0.1, -0.05) is 11.3 Å². The molecule has 0 saturated carbocycles. The van der Waals surface area contributed by atoms with Gasteiger partial charge in [-0.15, -0.1) is 5.10 Å². The van der Waals surface area contributed by atoms with E-state index < -0.39 is 5.95 Å². The lowest BCUT2D eigenvalue weighted by molar-refractivity contribution is 0.0765. The predicted octanol–water partition coefficient (Wildman–Crippen LogP) is 1.13. The minimum atomic E-state index is -0.604. The van der Waals surface area contributed by atoms with Gasteiger partial charge in [-0.25, -0.2) is 9.78 Å². The Labute approximate surface area is 132 Å². The number of rotatable bonds is 2. The summed E-state index contributed by atoms with van der Waals surface area (Å²) in [7, 11) is 0. The number of pyridine rings is 1. The van der Waals surface area contributed by atoms with Crippen LogP contribution in [0.5, 0.6) is 0 Å². The van der Waals surface area contributed by atoms with Crippen molar-refractivity contribution in [1.82, 2.24) is 30.2 Å². The second kappa shape index (κ2) is 5.69. The monoisotopic (exact) mass is 316 g/mol. The number of hydrogen-bond acceptors (Lipinski definition) is 5. The van der Waals surface area contributed by atoms with Gasteiger partial charge in [0.2, 0.25) is 5.95 Å². The Morgan fingerprint density at radius 2 is 2.13 bits per heavy atom. The molecule has 0 unspecified atom stereocenters. The van der Waals surface area contributed by atoms with Gasteiger partial charge in [0.1, 0.15) is 5.69 Å². The van der Waals surface area contributed by atoms with E-state index in [0.29, 0.717) is 17.3 Å². The summed E-state index contributed by atoms with van der Waals surface area (Å²) in [5, 5.41) is 10.6. The van der Waals surface area contributed by atoms with Crippen molar-refractivity contribution in [1.29, 1.82) is 0 Å². The average molecular weight is 316 g/mol. The summed E-state index contributed by atoms with van der Waals surface area (Å²) in [4.78, 5) is 18.7. The molecular weight excluding hydrogens is 299 g/mol. The minimum absolute atomic E-state index is 0.127. The number of halogens is 1. The van der Waals surface area contributed by atoms with Gasteiger partial charge in [0.05, 0.1) is 11.9 Å². The highest BCUT2D eigenvalue weighted by Gasteiger charge is 2.35.